The van der Waals surface area contributed by atoms with Gasteiger partial charge in [0.05, 0.1) is 0 Å². The lowest BCUT2D eigenvalue weighted by molar-refractivity contribution is -0.128. The molecule has 2 rings (SSSR count). The quantitative estimate of drug-likeness (QED) is 0.497. The van der Waals surface area contributed by atoms with Crippen molar-refractivity contribution in [2.75, 3.05) is 7.05 Å². The van der Waals surface area contributed by atoms with Crippen LogP contribution in [0.25, 0.3) is 6.08 Å². The van der Waals surface area contributed by atoms with Crippen LogP contribution in [0.2, 0.25) is 0 Å². The predicted molar refractivity (Wildman–Crippen MR) is 89.5 cm³/mol. The molecule has 2 aromatic carbocycles. The highest BCUT2D eigenvalue weighted by Crippen LogP contribution is 2.13. The Kier molecular flexibility index (Phi) is 5.46. The van der Waals surface area contributed by atoms with Crippen LogP contribution in [0.4, 0.5) is 0 Å². The number of benzene rings is 2. The molecule has 0 spiro atoms. The first kappa shape index (κ1) is 17.0. The van der Waals surface area contributed by atoms with E-state index in [0.717, 1.165) is 5.56 Å². The van der Waals surface area contributed by atoms with Crippen LogP contribution in [0.15, 0.2) is 54.6 Å². The maximum Gasteiger partial charge on any atom is 0.336 e. The molecule has 2 amide bonds. The third kappa shape index (κ3) is 4.54. The van der Waals surface area contributed by atoms with Gasteiger partial charge >= 0.3 is 5.97 Å². The first-order valence-corrected chi connectivity index (χ1v) is 7.11. The highest BCUT2D eigenvalue weighted by molar-refractivity contribution is 5.95. The van der Waals surface area contributed by atoms with Crippen LogP contribution in [-0.2, 0) is 4.79 Å². The third-order valence-electron chi connectivity index (χ3n) is 3.15. The van der Waals surface area contributed by atoms with Gasteiger partial charge in [0.2, 0.25) is 5.91 Å². The lowest BCUT2D eigenvalue weighted by Crippen LogP contribution is -2.17. The van der Waals surface area contributed by atoms with Crippen LogP contribution >= 0.6 is 0 Å². The number of nitrogens with two attached hydrogens (primary N) is 1. The van der Waals surface area contributed by atoms with E-state index in [2.05, 4.69) is 5.32 Å². The van der Waals surface area contributed by atoms with Gasteiger partial charge in [-0.2, -0.15) is 0 Å². The van der Waals surface area contributed by atoms with Gasteiger partial charge in [-0.1, -0.05) is 18.2 Å². The second-order valence-electron chi connectivity index (χ2n) is 4.85. The summed E-state index contributed by atoms with van der Waals surface area (Å²) in [6, 6.07) is 12.8. The number of ether oxygens (including phenoxy) is 1. The van der Waals surface area contributed by atoms with Gasteiger partial charge in [0.25, 0.3) is 5.91 Å². The number of esters is 1. The number of carbonyl (C=O) groups is 3. The van der Waals surface area contributed by atoms with E-state index in [4.69, 9.17) is 10.5 Å². The zero-order valence-electron chi connectivity index (χ0n) is 13.0. The number of amides is 2. The standard InChI is InChI=1S/C18H16N2O4/c1-20-18(23)13-8-5-12(6-9-13)7-10-16(21)24-15-4-2-3-14(11-15)17(19)22/h2-11H,1H3,(H2,19,22)(H,20,23)/b10-7+. The molecule has 0 heterocycles. The molecule has 6 nitrogen and oxygen atoms in total. The second-order valence-corrected chi connectivity index (χ2v) is 4.85. The van der Waals surface area contributed by atoms with Crippen LogP contribution in [0.1, 0.15) is 26.3 Å². The van der Waals surface area contributed by atoms with Crippen molar-refractivity contribution in [2.24, 2.45) is 5.73 Å². The van der Waals surface area contributed by atoms with Gasteiger partial charge in [0, 0.05) is 24.3 Å². The van der Waals surface area contributed by atoms with E-state index in [-0.39, 0.29) is 17.2 Å². The van der Waals surface area contributed by atoms with E-state index < -0.39 is 11.9 Å². The lowest BCUT2D eigenvalue weighted by atomic mass is 10.1. The zero-order valence-corrected chi connectivity index (χ0v) is 13.0. The summed E-state index contributed by atoms with van der Waals surface area (Å²) in [6.07, 6.45) is 2.82. The van der Waals surface area contributed by atoms with Crippen molar-refractivity contribution in [1.29, 1.82) is 0 Å². The molecule has 0 aromatic heterocycles. The van der Waals surface area contributed by atoms with E-state index in [1.807, 2.05) is 0 Å². The molecule has 3 N–H and O–H groups in total. The number of hydrogen-bond donors (Lipinski definition) is 2. The largest absolute Gasteiger partial charge is 0.423 e. The van der Waals surface area contributed by atoms with Crippen molar-refractivity contribution in [2.45, 2.75) is 0 Å². The Morgan fingerprint density at radius 3 is 2.38 bits per heavy atom. The first-order valence-electron chi connectivity index (χ1n) is 7.11. The van der Waals surface area contributed by atoms with E-state index >= 15 is 0 Å². The summed E-state index contributed by atoms with van der Waals surface area (Å²) in [4.78, 5) is 34.3. The molecule has 0 unspecified atom stereocenters. The van der Waals surface area contributed by atoms with Gasteiger partial charge in [-0.3, -0.25) is 9.59 Å². The molecule has 0 aliphatic heterocycles. The van der Waals surface area contributed by atoms with Crippen molar-refractivity contribution in [3.8, 4) is 5.75 Å². The fraction of sp³-hybridized carbons (Fsp3) is 0.0556. The normalized spacial score (nSPS) is 10.4. The topological polar surface area (TPSA) is 98.5 Å². The van der Waals surface area contributed by atoms with Gasteiger partial charge in [-0.05, 0) is 42.0 Å². The third-order valence-corrected chi connectivity index (χ3v) is 3.15. The number of nitrogens with one attached hydrogen (secondary N) is 1. The first-order chi connectivity index (χ1) is 11.5. The van der Waals surface area contributed by atoms with E-state index in [9.17, 15) is 14.4 Å². The van der Waals surface area contributed by atoms with Crippen molar-refractivity contribution in [1.82, 2.24) is 5.32 Å². The Balaban J connectivity index is 2.01. The van der Waals surface area contributed by atoms with E-state index in [1.165, 1.54) is 18.2 Å². The van der Waals surface area contributed by atoms with Crippen LogP contribution in [0.3, 0.4) is 0 Å². The molecule has 0 fully saturated rings. The van der Waals surface area contributed by atoms with E-state index in [0.29, 0.717) is 5.56 Å². The number of hydrogen-bond acceptors (Lipinski definition) is 4. The molecule has 0 radical (unpaired) electrons. The molecule has 122 valence electrons. The Hall–Kier alpha value is -3.41. The maximum atomic E-state index is 11.8. The molecular weight excluding hydrogens is 308 g/mol. The summed E-state index contributed by atoms with van der Waals surface area (Å²) in [6.45, 7) is 0. The van der Waals surface area contributed by atoms with Gasteiger partial charge < -0.3 is 15.8 Å². The Labute approximate surface area is 138 Å². The van der Waals surface area contributed by atoms with Crippen molar-refractivity contribution in [3.63, 3.8) is 0 Å². The average Bonchev–Trinajstić information content (AvgIpc) is 2.60. The molecule has 0 bridgehead atoms. The molecule has 2 aromatic rings. The molecular formula is C18H16N2O4. The highest BCUT2D eigenvalue weighted by atomic mass is 16.5. The summed E-state index contributed by atoms with van der Waals surface area (Å²) in [5, 5.41) is 2.53. The lowest BCUT2D eigenvalue weighted by Gasteiger charge is -2.03. The smallest absolute Gasteiger partial charge is 0.336 e. The fourth-order valence-electron chi connectivity index (χ4n) is 1.92. The molecule has 24 heavy (non-hydrogen) atoms. The summed E-state index contributed by atoms with van der Waals surface area (Å²) >= 11 is 0. The fourth-order valence-corrected chi connectivity index (χ4v) is 1.92. The van der Waals surface area contributed by atoms with Crippen molar-refractivity contribution in [3.05, 3.63) is 71.3 Å². The van der Waals surface area contributed by atoms with Crippen molar-refractivity contribution < 1.29 is 19.1 Å². The van der Waals surface area contributed by atoms with Gasteiger partial charge in [-0.25, -0.2) is 4.79 Å². The number of carbonyl (C=O) groups excluding carboxylic acids is 3. The Morgan fingerprint density at radius 2 is 1.75 bits per heavy atom. The van der Waals surface area contributed by atoms with Crippen LogP contribution in [0, 0.1) is 0 Å². The second kappa shape index (κ2) is 7.73. The molecule has 0 saturated carbocycles. The Bertz CT molecular complexity index is 795. The van der Waals surface area contributed by atoms with Crippen LogP contribution < -0.4 is 15.8 Å². The minimum atomic E-state index is -0.598. The molecule has 6 heteroatoms. The molecule has 0 aliphatic rings. The minimum absolute atomic E-state index is 0.181. The maximum absolute atomic E-state index is 11.8. The van der Waals surface area contributed by atoms with Crippen molar-refractivity contribution >= 4 is 23.9 Å². The summed E-state index contributed by atoms with van der Waals surface area (Å²) in [5.41, 5.74) is 6.70. The highest BCUT2D eigenvalue weighted by Gasteiger charge is 2.05. The predicted octanol–water partition coefficient (Wildman–Crippen LogP) is 1.76. The molecule has 0 atom stereocenters. The number of rotatable bonds is 5. The van der Waals surface area contributed by atoms with E-state index in [1.54, 1.807) is 49.5 Å². The van der Waals surface area contributed by atoms with Gasteiger partial charge in [0.15, 0.2) is 0 Å². The van der Waals surface area contributed by atoms with Gasteiger partial charge in [-0.15, -0.1) is 0 Å². The number of primary amides is 1. The zero-order chi connectivity index (χ0) is 17.5. The summed E-state index contributed by atoms with van der Waals surface area (Å²) in [7, 11) is 1.55. The van der Waals surface area contributed by atoms with Crippen LogP contribution in [-0.4, -0.2) is 24.8 Å². The Morgan fingerprint density at radius 1 is 1.04 bits per heavy atom. The SMILES string of the molecule is CNC(=O)c1ccc(/C=C/C(=O)Oc2cccc(C(N)=O)c2)cc1. The summed E-state index contributed by atoms with van der Waals surface area (Å²) < 4.78 is 5.11. The molecule has 0 aliphatic carbocycles. The molecule has 0 saturated heterocycles. The van der Waals surface area contributed by atoms with Gasteiger partial charge in [0.1, 0.15) is 5.75 Å². The average molecular weight is 324 g/mol. The monoisotopic (exact) mass is 324 g/mol. The summed E-state index contributed by atoms with van der Waals surface area (Å²) in [5.74, 6) is -1.14. The minimum Gasteiger partial charge on any atom is -0.423 e. The van der Waals surface area contributed by atoms with Crippen LogP contribution in [0.5, 0.6) is 5.75 Å².